The number of nitrogens with one attached hydrogen (secondary N) is 1. The van der Waals surface area contributed by atoms with Crippen LogP contribution >= 0.6 is 0 Å². The molecule has 2 saturated heterocycles. The van der Waals surface area contributed by atoms with Gasteiger partial charge in [-0.3, -0.25) is 4.79 Å². The van der Waals surface area contributed by atoms with Gasteiger partial charge in [0.1, 0.15) is 0 Å². The molecule has 0 bridgehead atoms. The van der Waals surface area contributed by atoms with Crippen LogP contribution in [-0.2, 0) is 4.79 Å². The highest BCUT2D eigenvalue weighted by atomic mass is 16.4. The predicted molar refractivity (Wildman–Crippen MR) is 51.3 cm³/mol. The molecule has 2 aliphatic heterocycles. The SMILES string of the molecule is O=C(C1CCN1)N1CCCC1B(O)O. The molecule has 6 heteroatoms. The maximum absolute atomic E-state index is 11.8. The first-order chi connectivity index (χ1) is 6.70. The van der Waals surface area contributed by atoms with E-state index < -0.39 is 13.1 Å². The Morgan fingerprint density at radius 3 is 2.64 bits per heavy atom. The highest BCUT2D eigenvalue weighted by molar-refractivity contribution is 6.43. The van der Waals surface area contributed by atoms with Crippen LogP contribution in [0.15, 0.2) is 0 Å². The summed E-state index contributed by atoms with van der Waals surface area (Å²) in [5.41, 5.74) is 0. The van der Waals surface area contributed by atoms with Crippen LogP contribution in [0.1, 0.15) is 19.3 Å². The quantitative estimate of drug-likeness (QED) is 0.465. The van der Waals surface area contributed by atoms with Crippen molar-refractivity contribution in [3.63, 3.8) is 0 Å². The summed E-state index contributed by atoms with van der Waals surface area (Å²) < 4.78 is 0. The number of rotatable bonds is 2. The van der Waals surface area contributed by atoms with Gasteiger partial charge in [-0.25, -0.2) is 0 Å². The lowest BCUT2D eigenvalue weighted by Crippen LogP contribution is -2.57. The largest absolute Gasteiger partial charge is 0.475 e. The average Bonchev–Trinajstić information content (AvgIpc) is 2.47. The Labute approximate surface area is 83.2 Å². The molecule has 2 fully saturated rings. The van der Waals surface area contributed by atoms with Crippen molar-refractivity contribution in [2.45, 2.75) is 31.2 Å². The highest BCUT2D eigenvalue weighted by Crippen LogP contribution is 2.20. The minimum Gasteiger partial charge on any atom is -0.426 e. The molecule has 0 saturated carbocycles. The van der Waals surface area contributed by atoms with Crippen molar-refractivity contribution in [3.05, 3.63) is 0 Å². The maximum Gasteiger partial charge on any atom is 0.475 e. The molecule has 0 radical (unpaired) electrons. The standard InChI is InChI=1S/C8H15BN2O3/c12-8(6-3-4-10-6)11-5-1-2-7(11)9(13)14/h6-7,10,13-14H,1-5H2. The Bertz CT molecular complexity index is 233. The Kier molecular flexibility index (Phi) is 2.76. The average molecular weight is 198 g/mol. The predicted octanol–water partition coefficient (Wildman–Crippen LogP) is -1.65. The molecule has 0 aromatic carbocycles. The molecule has 0 aromatic heterocycles. The molecule has 3 N–H and O–H groups in total. The molecule has 0 spiro atoms. The van der Waals surface area contributed by atoms with Crippen molar-refractivity contribution in [1.82, 2.24) is 10.2 Å². The number of carbonyl (C=O) groups excluding carboxylic acids is 1. The van der Waals surface area contributed by atoms with Crippen LogP contribution in [0.25, 0.3) is 0 Å². The van der Waals surface area contributed by atoms with Crippen molar-refractivity contribution in [1.29, 1.82) is 0 Å². The zero-order valence-corrected chi connectivity index (χ0v) is 8.02. The van der Waals surface area contributed by atoms with Crippen molar-refractivity contribution in [2.24, 2.45) is 0 Å². The van der Waals surface area contributed by atoms with E-state index in [1.165, 1.54) is 0 Å². The molecule has 2 aliphatic rings. The summed E-state index contributed by atoms with van der Waals surface area (Å²) in [5, 5.41) is 21.2. The first-order valence-electron chi connectivity index (χ1n) is 5.10. The van der Waals surface area contributed by atoms with Crippen LogP contribution in [0, 0.1) is 0 Å². The second-order valence-corrected chi connectivity index (χ2v) is 3.95. The number of carbonyl (C=O) groups is 1. The van der Waals surface area contributed by atoms with Crippen molar-refractivity contribution >= 4 is 13.0 Å². The molecule has 0 aliphatic carbocycles. The monoisotopic (exact) mass is 198 g/mol. The first kappa shape index (κ1) is 9.95. The lowest BCUT2D eigenvalue weighted by atomic mass is 9.77. The zero-order valence-electron chi connectivity index (χ0n) is 8.02. The fourth-order valence-electron chi connectivity index (χ4n) is 2.08. The number of likely N-dealkylation sites (tertiary alicyclic amines) is 1. The summed E-state index contributed by atoms with van der Waals surface area (Å²) in [4.78, 5) is 13.4. The van der Waals surface area contributed by atoms with Gasteiger partial charge < -0.3 is 20.3 Å². The molecule has 78 valence electrons. The molecule has 2 atom stereocenters. The first-order valence-corrected chi connectivity index (χ1v) is 5.10. The lowest BCUT2D eigenvalue weighted by molar-refractivity contribution is -0.135. The van der Waals surface area contributed by atoms with Crippen LogP contribution in [-0.4, -0.2) is 53.0 Å². The van der Waals surface area contributed by atoms with Gasteiger partial charge in [-0.05, 0) is 25.8 Å². The van der Waals surface area contributed by atoms with Gasteiger partial charge in [-0.1, -0.05) is 0 Å². The summed E-state index contributed by atoms with van der Waals surface area (Å²) >= 11 is 0. The van der Waals surface area contributed by atoms with Gasteiger partial charge in [0, 0.05) is 6.54 Å². The Balaban J connectivity index is 1.97. The summed E-state index contributed by atoms with van der Waals surface area (Å²) in [6, 6.07) is -0.0886. The van der Waals surface area contributed by atoms with E-state index in [4.69, 9.17) is 10.0 Å². The van der Waals surface area contributed by atoms with E-state index in [1.807, 2.05) is 0 Å². The summed E-state index contributed by atoms with van der Waals surface area (Å²) in [7, 11) is -1.40. The number of hydrogen-bond donors (Lipinski definition) is 3. The van der Waals surface area contributed by atoms with Gasteiger partial charge in [0.2, 0.25) is 5.91 Å². The number of hydrogen-bond acceptors (Lipinski definition) is 4. The van der Waals surface area contributed by atoms with Crippen LogP contribution in [0.5, 0.6) is 0 Å². The van der Waals surface area contributed by atoms with E-state index in [2.05, 4.69) is 5.32 Å². The normalized spacial score (nSPS) is 31.4. The van der Waals surface area contributed by atoms with E-state index >= 15 is 0 Å². The fraction of sp³-hybridized carbons (Fsp3) is 0.875. The molecule has 1 amide bonds. The van der Waals surface area contributed by atoms with E-state index in [0.717, 1.165) is 19.4 Å². The van der Waals surface area contributed by atoms with Gasteiger partial charge in [0.05, 0.1) is 12.0 Å². The summed E-state index contributed by atoms with van der Waals surface area (Å²) in [6.45, 7) is 1.54. The van der Waals surface area contributed by atoms with E-state index in [0.29, 0.717) is 13.0 Å². The third-order valence-corrected chi connectivity index (χ3v) is 3.05. The van der Waals surface area contributed by atoms with E-state index in [9.17, 15) is 4.79 Å². The Morgan fingerprint density at radius 1 is 1.43 bits per heavy atom. The second-order valence-electron chi connectivity index (χ2n) is 3.95. The highest BCUT2D eigenvalue weighted by Gasteiger charge is 2.40. The molecular formula is C8H15BN2O3. The lowest BCUT2D eigenvalue weighted by Gasteiger charge is -2.33. The Hall–Kier alpha value is -0.585. The van der Waals surface area contributed by atoms with Crippen LogP contribution in [0.2, 0.25) is 0 Å². The van der Waals surface area contributed by atoms with Crippen molar-refractivity contribution in [3.8, 4) is 0 Å². The number of amides is 1. The smallest absolute Gasteiger partial charge is 0.426 e. The fourth-order valence-corrected chi connectivity index (χ4v) is 2.08. The molecule has 0 aromatic rings. The molecular weight excluding hydrogens is 183 g/mol. The van der Waals surface area contributed by atoms with Crippen LogP contribution in [0.4, 0.5) is 0 Å². The topological polar surface area (TPSA) is 72.8 Å². The van der Waals surface area contributed by atoms with Crippen LogP contribution < -0.4 is 5.32 Å². The molecule has 2 heterocycles. The van der Waals surface area contributed by atoms with Crippen molar-refractivity contribution < 1.29 is 14.8 Å². The zero-order chi connectivity index (χ0) is 10.1. The maximum atomic E-state index is 11.8. The molecule has 2 rings (SSSR count). The summed E-state index contributed by atoms with van der Waals surface area (Å²) in [6.07, 6.45) is 2.42. The van der Waals surface area contributed by atoms with Gasteiger partial charge in [-0.15, -0.1) is 0 Å². The summed E-state index contributed by atoms with van der Waals surface area (Å²) in [5.74, 6) is -0.378. The van der Waals surface area contributed by atoms with Gasteiger partial charge in [0.15, 0.2) is 0 Å². The molecule has 2 unspecified atom stereocenters. The minimum absolute atomic E-state index is 0.0202. The third kappa shape index (κ3) is 1.65. The van der Waals surface area contributed by atoms with Crippen LogP contribution in [0.3, 0.4) is 0 Å². The van der Waals surface area contributed by atoms with Crippen molar-refractivity contribution in [2.75, 3.05) is 13.1 Å². The molecule has 14 heavy (non-hydrogen) atoms. The van der Waals surface area contributed by atoms with Gasteiger partial charge in [-0.2, -0.15) is 0 Å². The second kappa shape index (κ2) is 3.88. The molecule has 5 nitrogen and oxygen atoms in total. The minimum atomic E-state index is -1.40. The third-order valence-electron chi connectivity index (χ3n) is 3.05. The van der Waals surface area contributed by atoms with E-state index in [1.54, 1.807) is 4.90 Å². The Morgan fingerprint density at radius 2 is 2.14 bits per heavy atom. The van der Waals surface area contributed by atoms with E-state index in [-0.39, 0.29) is 11.9 Å². The van der Waals surface area contributed by atoms with Gasteiger partial charge in [0.25, 0.3) is 0 Å². The number of nitrogens with zero attached hydrogens (tertiary/aromatic N) is 1. The van der Waals surface area contributed by atoms with Gasteiger partial charge >= 0.3 is 7.12 Å².